The fourth-order valence-corrected chi connectivity index (χ4v) is 3.41. The van der Waals surface area contributed by atoms with Gasteiger partial charge in [-0.1, -0.05) is 0 Å². The average molecular weight is 289 g/mol. The summed E-state index contributed by atoms with van der Waals surface area (Å²) in [6.45, 7) is 2.98. The molecule has 0 bridgehead atoms. The van der Waals surface area contributed by atoms with Crippen molar-refractivity contribution < 1.29 is 8.42 Å². The zero-order chi connectivity index (χ0) is 13.0. The standard InChI is InChI=1S/C11H19N3O2S2/c1-9-8-17-11(14-9)7-13-18(15,16)6-2-5-12-10-3-4-10/h8,10,12-13H,2-7H2,1H3. The summed E-state index contributed by atoms with van der Waals surface area (Å²) in [6.07, 6.45) is 3.12. The Morgan fingerprint density at radius 1 is 1.50 bits per heavy atom. The molecule has 1 heterocycles. The van der Waals surface area contributed by atoms with Crippen LogP contribution in [-0.2, 0) is 16.6 Å². The Morgan fingerprint density at radius 2 is 2.28 bits per heavy atom. The van der Waals surface area contributed by atoms with Crippen LogP contribution in [0.2, 0.25) is 0 Å². The molecule has 18 heavy (non-hydrogen) atoms. The van der Waals surface area contributed by atoms with Crippen LogP contribution in [0.4, 0.5) is 0 Å². The number of aryl methyl sites for hydroxylation is 1. The lowest BCUT2D eigenvalue weighted by molar-refractivity contribution is 0.574. The minimum atomic E-state index is -3.17. The van der Waals surface area contributed by atoms with E-state index in [2.05, 4.69) is 15.0 Å². The second-order valence-electron chi connectivity index (χ2n) is 4.60. The first-order valence-corrected chi connectivity index (χ1v) is 8.70. The van der Waals surface area contributed by atoms with Gasteiger partial charge in [0.25, 0.3) is 0 Å². The first kappa shape index (κ1) is 13.9. The number of nitrogens with one attached hydrogen (secondary N) is 2. The van der Waals surface area contributed by atoms with Crippen molar-refractivity contribution in [3.8, 4) is 0 Å². The van der Waals surface area contributed by atoms with Crippen molar-refractivity contribution in [3.05, 3.63) is 16.1 Å². The topological polar surface area (TPSA) is 71.1 Å². The molecule has 1 aromatic heterocycles. The highest BCUT2D eigenvalue weighted by Gasteiger charge is 2.20. The molecule has 1 aliphatic carbocycles. The SMILES string of the molecule is Cc1csc(CNS(=O)(=O)CCCNC2CC2)n1. The van der Waals surface area contributed by atoms with Crippen molar-refractivity contribution >= 4 is 21.4 Å². The fraction of sp³-hybridized carbons (Fsp3) is 0.727. The molecule has 2 N–H and O–H groups in total. The molecular formula is C11H19N3O2S2. The van der Waals surface area contributed by atoms with Gasteiger partial charge in [-0.05, 0) is 32.7 Å². The lowest BCUT2D eigenvalue weighted by Gasteiger charge is -2.05. The third kappa shape index (κ3) is 5.01. The molecule has 0 atom stereocenters. The van der Waals surface area contributed by atoms with Crippen LogP contribution in [-0.4, -0.2) is 31.7 Å². The summed E-state index contributed by atoms with van der Waals surface area (Å²) in [6, 6.07) is 0.638. The second kappa shape index (κ2) is 6.10. The van der Waals surface area contributed by atoms with E-state index < -0.39 is 10.0 Å². The van der Waals surface area contributed by atoms with E-state index in [1.165, 1.54) is 24.2 Å². The lowest BCUT2D eigenvalue weighted by atomic mass is 10.5. The molecule has 5 nitrogen and oxygen atoms in total. The van der Waals surface area contributed by atoms with Gasteiger partial charge in [-0.2, -0.15) is 0 Å². The van der Waals surface area contributed by atoms with E-state index >= 15 is 0 Å². The molecule has 1 fully saturated rings. The van der Waals surface area contributed by atoms with Gasteiger partial charge in [0.1, 0.15) is 5.01 Å². The number of hydrogen-bond acceptors (Lipinski definition) is 5. The number of sulfonamides is 1. The van der Waals surface area contributed by atoms with E-state index in [9.17, 15) is 8.42 Å². The number of thiazole rings is 1. The number of aromatic nitrogens is 1. The molecule has 1 aromatic rings. The summed E-state index contributed by atoms with van der Waals surface area (Å²) in [7, 11) is -3.17. The summed E-state index contributed by atoms with van der Waals surface area (Å²) in [5.74, 6) is 0.178. The Kier molecular flexibility index (Phi) is 4.71. The van der Waals surface area contributed by atoms with Crippen molar-refractivity contribution in [1.29, 1.82) is 0 Å². The maximum absolute atomic E-state index is 11.7. The van der Waals surface area contributed by atoms with E-state index in [4.69, 9.17) is 0 Å². The zero-order valence-corrected chi connectivity index (χ0v) is 12.1. The Balaban J connectivity index is 1.66. The van der Waals surface area contributed by atoms with Gasteiger partial charge >= 0.3 is 0 Å². The summed E-state index contributed by atoms with van der Waals surface area (Å²) >= 11 is 1.48. The van der Waals surface area contributed by atoms with Gasteiger partial charge in [-0.15, -0.1) is 11.3 Å². The predicted molar refractivity (Wildman–Crippen MR) is 73.1 cm³/mol. The van der Waals surface area contributed by atoms with Crippen LogP contribution in [0.3, 0.4) is 0 Å². The maximum atomic E-state index is 11.7. The first-order chi connectivity index (χ1) is 8.55. The Bertz CT molecular complexity index is 480. The Hall–Kier alpha value is -0.500. The third-order valence-corrected chi connectivity index (χ3v) is 5.09. The molecule has 0 saturated heterocycles. The van der Waals surface area contributed by atoms with E-state index in [-0.39, 0.29) is 5.75 Å². The van der Waals surface area contributed by atoms with Crippen molar-refractivity contribution in [2.24, 2.45) is 0 Å². The molecule has 7 heteroatoms. The minimum absolute atomic E-state index is 0.178. The molecule has 1 aliphatic rings. The van der Waals surface area contributed by atoms with Gasteiger partial charge in [-0.25, -0.2) is 18.1 Å². The van der Waals surface area contributed by atoms with E-state index in [1.807, 2.05) is 12.3 Å². The normalized spacial score (nSPS) is 16.1. The van der Waals surface area contributed by atoms with Crippen molar-refractivity contribution in [1.82, 2.24) is 15.0 Å². The number of nitrogens with zero attached hydrogens (tertiary/aromatic N) is 1. The monoisotopic (exact) mass is 289 g/mol. The average Bonchev–Trinajstić information content (AvgIpc) is 3.04. The first-order valence-electron chi connectivity index (χ1n) is 6.17. The third-order valence-electron chi connectivity index (χ3n) is 2.71. The molecule has 0 amide bonds. The molecule has 0 unspecified atom stereocenters. The van der Waals surface area contributed by atoms with Crippen molar-refractivity contribution in [3.63, 3.8) is 0 Å². The van der Waals surface area contributed by atoms with E-state index in [0.717, 1.165) is 17.2 Å². The molecular weight excluding hydrogens is 270 g/mol. The highest BCUT2D eigenvalue weighted by molar-refractivity contribution is 7.89. The van der Waals surface area contributed by atoms with Crippen LogP contribution in [0.15, 0.2) is 5.38 Å². The minimum Gasteiger partial charge on any atom is -0.314 e. The quantitative estimate of drug-likeness (QED) is 0.701. The van der Waals surface area contributed by atoms with Crippen LogP contribution < -0.4 is 10.0 Å². The van der Waals surface area contributed by atoms with Gasteiger partial charge in [0, 0.05) is 17.1 Å². The van der Waals surface area contributed by atoms with Crippen LogP contribution in [0, 0.1) is 6.92 Å². The molecule has 0 spiro atoms. The van der Waals surface area contributed by atoms with Crippen LogP contribution in [0.1, 0.15) is 30.0 Å². The number of rotatable bonds is 8. The molecule has 1 saturated carbocycles. The predicted octanol–water partition coefficient (Wildman–Crippen LogP) is 1.01. The smallest absolute Gasteiger partial charge is 0.212 e. The molecule has 0 radical (unpaired) electrons. The summed E-state index contributed by atoms with van der Waals surface area (Å²) in [5.41, 5.74) is 0.933. The van der Waals surface area contributed by atoms with Crippen LogP contribution in [0.25, 0.3) is 0 Å². The van der Waals surface area contributed by atoms with Gasteiger partial charge in [-0.3, -0.25) is 0 Å². The lowest BCUT2D eigenvalue weighted by Crippen LogP contribution is -2.28. The fourth-order valence-electron chi connectivity index (χ4n) is 1.58. The summed E-state index contributed by atoms with van der Waals surface area (Å²) in [4.78, 5) is 4.22. The van der Waals surface area contributed by atoms with Gasteiger partial charge in [0.15, 0.2) is 0 Å². The highest BCUT2D eigenvalue weighted by atomic mass is 32.2. The second-order valence-corrected chi connectivity index (χ2v) is 7.47. The number of hydrogen-bond donors (Lipinski definition) is 2. The van der Waals surface area contributed by atoms with Gasteiger partial charge < -0.3 is 5.32 Å². The van der Waals surface area contributed by atoms with Crippen molar-refractivity contribution in [2.45, 2.75) is 38.8 Å². The maximum Gasteiger partial charge on any atom is 0.212 e. The van der Waals surface area contributed by atoms with Gasteiger partial charge in [0.2, 0.25) is 10.0 Å². The summed E-state index contributed by atoms with van der Waals surface area (Å²) < 4.78 is 26.0. The molecule has 0 aromatic carbocycles. The molecule has 2 rings (SSSR count). The van der Waals surface area contributed by atoms with Crippen LogP contribution in [0.5, 0.6) is 0 Å². The van der Waals surface area contributed by atoms with Crippen LogP contribution >= 0.6 is 11.3 Å². The largest absolute Gasteiger partial charge is 0.314 e. The molecule has 102 valence electrons. The highest BCUT2D eigenvalue weighted by Crippen LogP contribution is 2.18. The summed E-state index contributed by atoms with van der Waals surface area (Å²) in [5, 5.41) is 6.04. The Morgan fingerprint density at radius 3 is 2.89 bits per heavy atom. The Labute approximate surface area is 112 Å². The van der Waals surface area contributed by atoms with E-state index in [1.54, 1.807) is 0 Å². The van der Waals surface area contributed by atoms with Crippen molar-refractivity contribution in [2.75, 3.05) is 12.3 Å². The van der Waals surface area contributed by atoms with Gasteiger partial charge in [0.05, 0.1) is 12.3 Å². The zero-order valence-electron chi connectivity index (χ0n) is 10.5. The van der Waals surface area contributed by atoms with E-state index in [0.29, 0.717) is 19.0 Å². The molecule has 0 aliphatic heterocycles.